The molecule has 2 heterocycles. The fourth-order valence-corrected chi connectivity index (χ4v) is 2.57. The molecule has 0 aliphatic heterocycles. The summed E-state index contributed by atoms with van der Waals surface area (Å²) >= 11 is 0. The third-order valence-electron chi connectivity index (χ3n) is 3.78. The zero-order valence-corrected chi connectivity index (χ0v) is 12.9. The molecule has 6 heteroatoms. The van der Waals surface area contributed by atoms with Gasteiger partial charge in [0.2, 0.25) is 0 Å². The quantitative estimate of drug-likeness (QED) is 0.777. The van der Waals surface area contributed by atoms with Crippen molar-refractivity contribution in [3.8, 4) is 0 Å². The summed E-state index contributed by atoms with van der Waals surface area (Å²) in [5, 5.41) is 7.16. The predicted molar refractivity (Wildman–Crippen MR) is 84.5 cm³/mol. The highest BCUT2D eigenvalue weighted by molar-refractivity contribution is 5.94. The number of imidazole rings is 1. The van der Waals surface area contributed by atoms with Crippen LogP contribution >= 0.6 is 0 Å². The molecular weight excluding hydrogens is 278 g/mol. The minimum atomic E-state index is -0.207. The molecule has 3 rings (SSSR count). The van der Waals surface area contributed by atoms with Crippen LogP contribution in [0.5, 0.6) is 0 Å². The number of aromatic nitrogens is 4. The molecule has 0 saturated carbocycles. The minimum absolute atomic E-state index is 0.0880. The van der Waals surface area contributed by atoms with Gasteiger partial charge in [-0.1, -0.05) is 13.0 Å². The Kier molecular flexibility index (Phi) is 3.66. The number of carbonyl (C=O) groups is 1. The zero-order valence-electron chi connectivity index (χ0n) is 12.9. The van der Waals surface area contributed by atoms with Gasteiger partial charge in [0, 0.05) is 13.2 Å². The maximum Gasteiger partial charge on any atom is 0.287 e. The Balaban J connectivity index is 1.84. The van der Waals surface area contributed by atoms with Crippen molar-refractivity contribution in [3.63, 3.8) is 0 Å². The lowest BCUT2D eigenvalue weighted by molar-refractivity contribution is 0.0924. The van der Waals surface area contributed by atoms with Crippen LogP contribution in [-0.2, 0) is 7.05 Å². The number of H-pyrrole nitrogens is 1. The van der Waals surface area contributed by atoms with Gasteiger partial charge in [0.25, 0.3) is 5.91 Å². The van der Waals surface area contributed by atoms with Crippen LogP contribution in [0.15, 0.2) is 30.5 Å². The Bertz CT molecular complexity index is 817. The van der Waals surface area contributed by atoms with Gasteiger partial charge in [0.1, 0.15) is 0 Å². The summed E-state index contributed by atoms with van der Waals surface area (Å²) in [6, 6.07) is 7.70. The first-order valence-electron chi connectivity index (χ1n) is 7.33. The molecule has 0 spiro atoms. The number of nitrogens with one attached hydrogen (secondary N) is 2. The number of benzene rings is 1. The zero-order chi connectivity index (χ0) is 15.7. The first kappa shape index (κ1) is 14.3. The highest BCUT2D eigenvalue weighted by Crippen LogP contribution is 2.17. The van der Waals surface area contributed by atoms with Crippen molar-refractivity contribution in [1.82, 2.24) is 25.1 Å². The maximum atomic E-state index is 12.4. The van der Waals surface area contributed by atoms with Gasteiger partial charge in [0.15, 0.2) is 5.82 Å². The van der Waals surface area contributed by atoms with Crippen LogP contribution in [0.3, 0.4) is 0 Å². The smallest absolute Gasteiger partial charge is 0.287 e. The van der Waals surface area contributed by atoms with Crippen molar-refractivity contribution in [1.29, 1.82) is 0 Å². The molecule has 0 fully saturated rings. The lowest BCUT2D eigenvalue weighted by Gasteiger charge is -2.16. The fourth-order valence-electron chi connectivity index (χ4n) is 2.57. The van der Waals surface area contributed by atoms with E-state index in [1.807, 2.05) is 45.2 Å². The monoisotopic (exact) mass is 297 g/mol. The van der Waals surface area contributed by atoms with Gasteiger partial charge < -0.3 is 10.3 Å². The van der Waals surface area contributed by atoms with Gasteiger partial charge in [0.05, 0.1) is 22.8 Å². The predicted octanol–water partition coefficient (Wildman–Crippen LogP) is 2.49. The summed E-state index contributed by atoms with van der Waals surface area (Å²) in [5.41, 5.74) is 3.77. The van der Waals surface area contributed by atoms with E-state index < -0.39 is 0 Å². The molecule has 6 nitrogen and oxygen atoms in total. The van der Waals surface area contributed by atoms with Crippen LogP contribution in [-0.4, -0.2) is 25.7 Å². The van der Waals surface area contributed by atoms with E-state index in [-0.39, 0.29) is 11.9 Å². The summed E-state index contributed by atoms with van der Waals surface area (Å²) in [6.45, 7) is 4.04. The lowest BCUT2D eigenvalue weighted by atomic mass is 10.1. The van der Waals surface area contributed by atoms with E-state index in [0.29, 0.717) is 5.82 Å². The molecule has 0 bridgehead atoms. The van der Waals surface area contributed by atoms with Gasteiger partial charge >= 0.3 is 0 Å². The molecule has 0 saturated heterocycles. The van der Waals surface area contributed by atoms with E-state index in [1.54, 1.807) is 10.9 Å². The van der Waals surface area contributed by atoms with Gasteiger partial charge in [-0.05, 0) is 37.1 Å². The molecule has 0 aliphatic rings. The summed E-state index contributed by atoms with van der Waals surface area (Å²) in [7, 11) is 1.87. The number of fused-ring (bicyclic) bond motifs is 1. The number of aromatic amines is 1. The van der Waals surface area contributed by atoms with E-state index in [9.17, 15) is 4.79 Å². The Morgan fingerprint density at radius 2 is 2.23 bits per heavy atom. The Morgan fingerprint density at radius 1 is 1.41 bits per heavy atom. The van der Waals surface area contributed by atoms with Gasteiger partial charge in [-0.3, -0.25) is 9.48 Å². The number of hydrogen-bond acceptors (Lipinski definition) is 3. The second-order valence-corrected chi connectivity index (χ2v) is 5.42. The third-order valence-corrected chi connectivity index (χ3v) is 3.78. The molecule has 3 aromatic rings. The normalized spacial score (nSPS) is 12.5. The van der Waals surface area contributed by atoms with Gasteiger partial charge in [-0.2, -0.15) is 5.10 Å². The molecule has 0 unspecified atom stereocenters. The van der Waals surface area contributed by atoms with Crippen molar-refractivity contribution >= 4 is 16.9 Å². The molecular formula is C16H19N5O. The molecule has 1 aromatic carbocycles. The first-order valence-corrected chi connectivity index (χ1v) is 7.33. The van der Waals surface area contributed by atoms with Crippen LogP contribution < -0.4 is 5.32 Å². The third kappa shape index (κ3) is 2.59. The van der Waals surface area contributed by atoms with E-state index in [0.717, 1.165) is 28.7 Å². The second-order valence-electron chi connectivity index (χ2n) is 5.42. The number of amides is 1. The highest BCUT2D eigenvalue weighted by atomic mass is 16.2. The Hall–Kier alpha value is -2.63. The number of nitrogens with zero attached hydrogens (tertiary/aromatic N) is 3. The van der Waals surface area contributed by atoms with E-state index in [2.05, 4.69) is 20.4 Å². The topological polar surface area (TPSA) is 75.6 Å². The largest absolute Gasteiger partial charge is 0.341 e. The van der Waals surface area contributed by atoms with Crippen molar-refractivity contribution in [2.75, 3.05) is 0 Å². The molecule has 2 aromatic heterocycles. The minimum Gasteiger partial charge on any atom is -0.341 e. The summed E-state index contributed by atoms with van der Waals surface area (Å²) in [5.74, 6) is 0.128. The Morgan fingerprint density at radius 3 is 2.91 bits per heavy atom. The van der Waals surface area contributed by atoms with Crippen LogP contribution in [0.2, 0.25) is 0 Å². The van der Waals surface area contributed by atoms with E-state index in [1.165, 1.54) is 0 Å². The highest BCUT2D eigenvalue weighted by Gasteiger charge is 2.19. The molecule has 114 valence electrons. The van der Waals surface area contributed by atoms with E-state index >= 15 is 0 Å². The lowest BCUT2D eigenvalue weighted by Crippen LogP contribution is -2.30. The van der Waals surface area contributed by atoms with Gasteiger partial charge in [-0.15, -0.1) is 0 Å². The van der Waals surface area contributed by atoms with Crippen LogP contribution in [0, 0.1) is 6.92 Å². The summed E-state index contributed by atoms with van der Waals surface area (Å²) in [4.78, 5) is 19.9. The SMILES string of the molecule is CC[C@H](NC(=O)c1nc2ccc(C)cc2[nH]1)c1ccnn1C. The van der Waals surface area contributed by atoms with Crippen LogP contribution in [0.1, 0.15) is 41.3 Å². The Labute approximate surface area is 128 Å². The molecule has 0 radical (unpaired) electrons. The number of carbonyl (C=O) groups excluding carboxylic acids is 1. The number of aryl methyl sites for hydroxylation is 2. The molecule has 0 aliphatic carbocycles. The molecule has 22 heavy (non-hydrogen) atoms. The van der Waals surface area contributed by atoms with Crippen molar-refractivity contribution in [2.24, 2.45) is 7.05 Å². The fraction of sp³-hybridized carbons (Fsp3) is 0.312. The standard InChI is InChI=1S/C16H19N5O/c1-4-11(14-7-8-17-21(14)3)20-16(22)15-18-12-6-5-10(2)9-13(12)19-15/h5-9,11H,4H2,1-3H3,(H,18,19)(H,20,22)/t11-/m0/s1. The molecule has 2 N–H and O–H groups in total. The average molecular weight is 297 g/mol. The summed E-state index contributed by atoms with van der Waals surface area (Å²) < 4.78 is 1.77. The first-order chi connectivity index (χ1) is 10.6. The van der Waals surface area contributed by atoms with Crippen LogP contribution in [0.25, 0.3) is 11.0 Å². The maximum absolute atomic E-state index is 12.4. The molecule has 1 atom stereocenters. The number of rotatable bonds is 4. The second kappa shape index (κ2) is 5.63. The molecule has 1 amide bonds. The van der Waals surface area contributed by atoms with Crippen LogP contribution in [0.4, 0.5) is 0 Å². The van der Waals surface area contributed by atoms with Gasteiger partial charge in [-0.25, -0.2) is 4.98 Å². The summed E-state index contributed by atoms with van der Waals surface area (Å²) in [6.07, 6.45) is 2.51. The van der Waals surface area contributed by atoms with Crippen molar-refractivity contribution in [2.45, 2.75) is 26.3 Å². The van der Waals surface area contributed by atoms with Crippen molar-refractivity contribution in [3.05, 3.63) is 47.5 Å². The average Bonchev–Trinajstić information content (AvgIpc) is 3.10. The van der Waals surface area contributed by atoms with E-state index in [4.69, 9.17) is 0 Å². The van der Waals surface area contributed by atoms with Crippen molar-refractivity contribution < 1.29 is 4.79 Å². The number of hydrogen-bond donors (Lipinski definition) is 2.